The van der Waals surface area contributed by atoms with E-state index in [-0.39, 0.29) is 15.5 Å². The molecule has 2 aromatic rings. The SMILES string of the molecule is CCCCNC(=O)c1ccc(S(=O)(=O)c2ccccc2Cl)c([N+](=O)[O-])c1. The molecule has 0 unspecified atom stereocenters. The van der Waals surface area contributed by atoms with Crippen LogP contribution in [0.25, 0.3) is 0 Å². The fourth-order valence-electron chi connectivity index (χ4n) is 2.29. The van der Waals surface area contributed by atoms with Crippen LogP contribution in [0.2, 0.25) is 5.02 Å². The number of sulfone groups is 1. The molecule has 26 heavy (non-hydrogen) atoms. The minimum absolute atomic E-state index is 0.0194. The van der Waals surface area contributed by atoms with Crippen LogP contribution in [-0.4, -0.2) is 25.8 Å². The number of unbranched alkanes of at least 4 members (excludes halogenated alkanes) is 1. The highest BCUT2D eigenvalue weighted by Crippen LogP contribution is 2.33. The third kappa shape index (κ3) is 4.20. The van der Waals surface area contributed by atoms with Gasteiger partial charge in [0.1, 0.15) is 4.90 Å². The van der Waals surface area contributed by atoms with Crippen molar-refractivity contribution in [2.24, 2.45) is 0 Å². The molecule has 0 aromatic heterocycles. The number of hydrogen-bond donors (Lipinski definition) is 1. The predicted molar refractivity (Wildman–Crippen MR) is 97.2 cm³/mol. The van der Waals surface area contributed by atoms with Crippen molar-refractivity contribution in [3.8, 4) is 0 Å². The first-order valence-electron chi connectivity index (χ1n) is 7.85. The van der Waals surface area contributed by atoms with Gasteiger partial charge < -0.3 is 5.32 Å². The number of carbonyl (C=O) groups excluding carboxylic acids is 1. The summed E-state index contributed by atoms with van der Waals surface area (Å²) in [5, 5.41) is 14.0. The van der Waals surface area contributed by atoms with Gasteiger partial charge in [-0.3, -0.25) is 14.9 Å². The summed E-state index contributed by atoms with van der Waals surface area (Å²) in [5.74, 6) is -0.497. The quantitative estimate of drug-likeness (QED) is 0.437. The van der Waals surface area contributed by atoms with Crippen LogP contribution in [0.5, 0.6) is 0 Å². The number of benzene rings is 2. The molecule has 0 bridgehead atoms. The number of halogens is 1. The first kappa shape index (κ1) is 19.9. The van der Waals surface area contributed by atoms with Crippen LogP contribution in [-0.2, 0) is 9.84 Å². The number of nitro benzene ring substituents is 1. The molecule has 1 amide bonds. The molecule has 0 saturated carbocycles. The van der Waals surface area contributed by atoms with Gasteiger partial charge in [0.2, 0.25) is 9.84 Å². The molecule has 138 valence electrons. The summed E-state index contributed by atoms with van der Waals surface area (Å²) in [6, 6.07) is 8.96. The zero-order valence-corrected chi connectivity index (χ0v) is 15.5. The Bertz CT molecular complexity index is 944. The van der Waals surface area contributed by atoms with Gasteiger partial charge in [-0.2, -0.15) is 0 Å². The molecular weight excluding hydrogens is 380 g/mol. The maximum atomic E-state index is 12.8. The topological polar surface area (TPSA) is 106 Å². The van der Waals surface area contributed by atoms with E-state index in [2.05, 4.69) is 5.32 Å². The van der Waals surface area contributed by atoms with Gasteiger partial charge in [0.25, 0.3) is 11.6 Å². The smallest absolute Gasteiger partial charge is 0.289 e. The first-order chi connectivity index (χ1) is 12.3. The van der Waals surface area contributed by atoms with Gasteiger partial charge >= 0.3 is 0 Å². The summed E-state index contributed by atoms with van der Waals surface area (Å²) in [5.41, 5.74) is -0.654. The fourth-order valence-corrected chi connectivity index (χ4v) is 4.21. The molecule has 0 aliphatic rings. The Hall–Kier alpha value is -2.45. The molecule has 0 fully saturated rings. The third-order valence-electron chi connectivity index (χ3n) is 3.65. The summed E-state index contributed by atoms with van der Waals surface area (Å²) >= 11 is 5.93. The van der Waals surface area contributed by atoms with E-state index in [4.69, 9.17) is 11.6 Å². The lowest BCUT2D eigenvalue weighted by molar-refractivity contribution is -0.387. The predicted octanol–water partition coefficient (Wildman–Crippen LogP) is 3.61. The zero-order chi connectivity index (χ0) is 19.3. The van der Waals surface area contributed by atoms with Crippen molar-refractivity contribution in [3.63, 3.8) is 0 Å². The van der Waals surface area contributed by atoms with Crippen LogP contribution in [0, 0.1) is 10.1 Å². The second-order valence-corrected chi connectivity index (χ2v) is 7.78. The van der Waals surface area contributed by atoms with Crippen molar-refractivity contribution >= 4 is 33.0 Å². The zero-order valence-electron chi connectivity index (χ0n) is 13.9. The standard InChI is InChI=1S/C17H17ClN2O5S/c1-2-3-10-19-17(21)12-8-9-16(14(11-12)20(22)23)26(24,25)15-7-5-4-6-13(15)18/h4-9,11H,2-3,10H2,1H3,(H,19,21). The summed E-state index contributed by atoms with van der Waals surface area (Å²) in [4.78, 5) is 21.9. The molecule has 1 N–H and O–H groups in total. The van der Waals surface area contributed by atoms with Crippen LogP contribution in [0.4, 0.5) is 5.69 Å². The lowest BCUT2D eigenvalue weighted by atomic mass is 10.2. The Kier molecular flexibility index (Phi) is 6.33. The number of nitrogens with zero attached hydrogens (tertiary/aromatic N) is 1. The Morgan fingerprint density at radius 2 is 1.88 bits per heavy atom. The van der Waals surface area contributed by atoms with E-state index in [0.717, 1.165) is 25.0 Å². The van der Waals surface area contributed by atoms with Gasteiger partial charge in [-0.05, 0) is 30.7 Å². The molecule has 9 heteroatoms. The normalized spacial score (nSPS) is 11.2. The number of nitro groups is 1. The summed E-state index contributed by atoms with van der Waals surface area (Å²) in [6.07, 6.45) is 1.66. The van der Waals surface area contributed by atoms with Crippen molar-refractivity contribution in [3.05, 3.63) is 63.2 Å². The first-order valence-corrected chi connectivity index (χ1v) is 9.71. The summed E-state index contributed by atoms with van der Waals surface area (Å²) < 4.78 is 25.6. The molecule has 0 aliphatic carbocycles. The highest BCUT2D eigenvalue weighted by molar-refractivity contribution is 7.91. The third-order valence-corrected chi connectivity index (χ3v) is 5.95. The maximum Gasteiger partial charge on any atom is 0.289 e. The van der Waals surface area contributed by atoms with E-state index in [0.29, 0.717) is 6.54 Å². The maximum absolute atomic E-state index is 12.8. The van der Waals surface area contributed by atoms with Crippen molar-refractivity contribution < 1.29 is 18.1 Å². The number of amides is 1. The lowest BCUT2D eigenvalue weighted by Gasteiger charge is -2.09. The van der Waals surface area contributed by atoms with Gasteiger partial charge in [-0.15, -0.1) is 0 Å². The van der Waals surface area contributed by atoms with Gasteiger partial charge in [0, 0.05) is 18.2 Å². The van der Waals surface area contributed by atoms with Gasteiger partial charge in [0.15, 0.2) is 0 Å². The van der Waals surface area contributed by atoms with E-state index >= 15 is 0 Å². The molecule has 2 aromatic carbocycles. The highest BCUT2D eigenvalue weighted by atomic mass is 35.5. The summed E-state index contributed by atoms with van der Waals surface area (Å²) in [7, 11) is -4.21. The van der Waals surface area contributed by atoms with E-state index in [1.807, 2.05) is 6.92 Å². The molecule has 0 atom stereocenters. The average Bonchev–Trinajstić information content (AvgIpc) is 2.61. The van der Waals surface area contributed by atoms with Crippen molar-refractivity contribution in [1.82, 2.24) is 5.32 Å². The minimum atomic E-state index is -4.21. The van der Waals surface area contributed by atoms with Crippen molar-refractivity contribution in [2.45, 2.75) is 29.6 Å². The van der Waals surface area contributed by atoms with E-state index < -0.39 is 31.3 Å². The van der Waals surface area contributed by atoms with Crippen LogP contribution in [0.1, 0.15) is 30.1 Å². The molecule has 0 aliphatic heterocycles. The molecule has 0 saturated heterocycles. The van der Waals surface area contributed by atoms with E-state index in [1.54, 1.807) is 6.07 Å². The minimum Gasteiger partial charge on any atom is -0.352 e. The van der Waals surface area contributed by atoms with E-state index in [9.17, 15) is 23.3 Å². The molecule has 2 rings (SSSR count). The molecule has 0 radical (unpaired) electrons. The van der Waals surface area contributed by atoms with Gasteiger partial charge in [-0.1, -0.05) is 37.1 Å². The highest BCUT2D eigenvalue weighted by Gasteiger charge is 2.30. The second-order valence-electron chi connectivity index (χ2n) is 5.48. The number of rotatable bonds is 7. The average molecular weight is 397 g/mol. The van der Waals surface area contributed by atoms with E-state index in [1.165, 1.54) is 24.3 Å². The van der Waals surface area contributed by atoms with Crippen molar-refractivity contribution in [1.29, 1.82) is 0 Å². The Morgan fingerprint density at radius 1 is 1.19 bits per heavy atom. The van der Waals surface area contributed by atoms with Gasteiger partial charge in [-0.25, -0.2) is 8.42 Å². The van der Waals surface area contributed by atoms with Crippen LogP contribution in [0.3, 0.4) is 0 Å². The number of carbonyl (C=O) groups is 1. The largest absolute Gasteiger partial charge is 0.352 e. The second kappa shape index (κ2) is 8.29. The van der Waals surface area contributed by atoms with Crippen LogP contribution >= 0.6 is 11.6 Å². The summed E-state index contributed by atoms with van der Waals surface area (Å²) in [6.45, 7) is 2.40. The Balaban J connectivity index is 2.49. The Morgan fingerprint density at radius 3 is 2.50 bits per heavy atom. The Labute approximate surface area is 156 Å². The van der Waals surface area contributed by atoms with Crippen LogP contribution < -0.4 is 5.32 Å². The number of hydrogen-bond acceptors (Lipinski definition) is 5. The van der Waals surface area contributed by atoms with Crippen LogP contribution in [0.15, 0.2) is 52.3 Å². The molecule has 7 nitrogen and oxygen atoms in total. The lowest BCUT2D eigenvalue weighted by Crippen LogP contribution is -2.24. The number of nitrogens with one attached hydrogen (secondary N) is 1. The monoisotopic (exact) mass is 396 g/mol. The fraction of sp³-hybridized carbons (Fsp3) is 0.235. The molecule has 0 heterocycles. The molecular formula is C17H17ClN2O5S. The van der Waals surface area contributed by atoms with Gasteiger partial charge in [0.05, 0.1) is 14.8 Å². The molecule has 0 spiro atoms. The van der Waals surface area contributed by atoms with Crippen molar-refractivity contribution in [2.75, 3.05) is 6.54 Å².